The van der Waals surface area contributed by atoms with E-state index in [1.807, 2.05) is 24.3 Å². The molecule has 118 valence electrons. The highest BCUT2D eigenvalue weighted by Crippen LogP contribution is 2.14. The van der Waals surface area contributed by atoms with Crippen LogP contribution in [-0.4, -0.2) is 29.6 Å². The Labute approximate surface area is 129 Å². The van der Waals surface area contributed by atoms with Crippen molar-refractivity contribution >= 4 is 22.4 Å². The Kier molecular flexibility index (Phi) is 8.23. The summed E-state index contributed by atoms with van der Waals surface area (Å²) in [5.41, 5.74) is 1.73. The lowest BCUT2D eigenvalue weighted by Crippen LogP contribution is -2.12. The lowest BCUT2D eigenvalue weighted by atomic mass is 10.1. The molecule has 0 fully saturated rings. The minimum absolute atomic E-state index is 0.0290. The number of anilines is 1. The van der Waals surface area contributed by atoms with Crippen molar-refractivity contribution in [2.24, 2.45) is 5.92 Å². The second-order valence-corrected chi connectivity index (χ2v) is 7.04. The molecule has 0 radical (unpaired) electrons. The van der Waals surface area contributed by atoms with Crippen molar-refractivity contribution in [3.63, 3.8) is 0 Å². The fourth-order valence-corrected chi connectivity index (χ4v) is 2.86. The monoisotopic (exact) mass is 311 g/mol. The van der Waals surface area contributed by atoms with Crippen LogP contribution in [0, 0.1) is 5.92 Å². The van der Waals surface area contributed by atoms with Gasteiger partial charge in [0.05, 0.1) is 6.61 Å². The van der Waals surface area contributed by atoms with Crippen LogP contribution in [0.15, 0.2) is 24.3 Å². The molecule has 0 saturated heterocycles. The van der Waals surface area contributed by atoms with E-state index in [0.717, 1.165) is 17.7 Å². The van der Waals surface area contributed by atoms with Gasteiger partial charge in [-0.3, -0.25) is 9.00 Å². The smallest absolute Gasteiger partial charge is 0.224 e. The van der Waals surface area contributed by atoms with Crippen LogP contribution in [0.4, 0.5) is 5.69 Å². The molecular formula is C16H25NO3S. The highest BCUT2D eigenvalue weighted by Gasteiger charge is 2.06. The van der Waals surface area contributed by atoms with Crippen LogP contribution in [0.2, 0.25) is 0 Å². The summed E-state index contributed by atoms with van der Waals surface area (Å²) in [6.07, 6.45) is 1.41. The maximum absolute atomic E-state index is 11.8. The predicted octanol–water partition coefficient (Wildman–Crippen LogP) is 2.96. The maximum atomic E-state index is 11.8. The lowest BCUT2D eigenvalue weighted by molar-refractivity contribution is -0.116. The normalized spacial score (nSPS) is 12.4. The fraction of sp³-hybridized carbons (Fsp3) is 0.562. The third-order valence-corrected chi connectivity index (χ3v) is 4.28. The van der Waals surface area contributed by atoms with Crippen molar-refractivity contribution in [1.82, 2.24) is 0 Å². The molecule has 0 bridgehead atoms. The summed E-state index contributed by atoms with van der Waals surface area (Å²) >= 11 is 0. The topological polar surface area (TPSA) is 55.4 Å². The third-order valence-electron chi connectivity index (χ3n) is 3.00. The predicted molar refractivity (Wildman–Crippen MR) is 87.7 cm³/mol. The van der Waals surface area contributed by atoms with Crippen molar-refractivity contribution in [1.29, 1.82) is 0 Å². The minimum Gasteiger partial charge on any atom is -0.384 e. The SMILES string of the molecule is COCC[S@](=O)Cc1cccc(NC(=O)CCC(C)C)c1. The van der Waals surface area contributed by atoms with Gasteiger partial charge >= 0.3 is 0 Å². The first kappa shape index (κ1) is 17.9. The van der Waals surface area contributed by atoms with Gasteiger partial charge in [0, 0.05) is 41.5 Å². The van der Waals surface area contributed by atoms with E-state index in [2.05, 4.69) is 19.2 Å². The molecule has 4 nitrogen and oxygen atoms in total. The van der Waals surface area contributed by atoms with Crippen LogP contribution in [-0.2, 0) is 26.1 Å². The molecule has 0 spiro atoms. The summed E-state index contributed by atoms with van der Waals surface area (Å²) in [6.45, 7) is 4.70. The fourth-order valence-electron chi connectivity index (χ4n) is 1.82. The van der Waals surface area contributed by atoms with Gasteiger partial charge in [0.15, 0.2) is 0 Å². The lowest BCUT2D eigenvalue weighted by Gasteiger charge is -2.08. The highest BCUT2D eigenvalue weighted by atomic mass is 32.2. The molecule has 1 aromatic rings. The third kappa shape index (κ3) is 7.97. The first-order chi connectivity index (χ1) is 10.0. The number of methoxy groups -OCH3 is 1. The molecule has 0 unspecified atom stereocenters. The van der Waals surface area contributed by atoms with Crippen LogP contribution in [0.1, 0.15) is 32.3 Å². The van der Waals surface area contributed by atoms with Gasteiger partial charge in [0.2, 0.25) is 5.91 Å². The molecule has 0 aromatic heterocycles. The molecule has 0 saturated carbocycles. The van der Waals surface area contributed by atoms with E-state index in [-0.39, 0.29) is 5.91 Å². The van der Waals surface area contributed by atoms with Crippen molar-refractivity contribution in [3.05, 3.63) is 29.8 Å². The van der Waals surface area contributed by atoms with Gasteiger partial charge in [-0.25, -0.2) is 0 Å². The highest BCUT2D eigenvalue weighted by molar-refractivity contribution is 7.84. The van der Waals surface area contributed by atoms with Gasteiger partial charge in [-0.05, 0) is 30.0 Å². The molecule has 1 amide bonds. The number of nitrogens with one attached hydrogen (secondary N) is 1. The number of benzene rings is 1. The Morgan fingerprint density at radius 3 is 2.81 bits per heavy atom. The molecular weight excluding hydrogens is 286 g/mol. The van der Waals surface area contributed by atoms with E-state index < -0.39 is 10.8 Å². The molecule has 0 aliphatic rings. The molecule has 0 heterocycles. The van der Waals surface area contributed by atoms with Crippen LogP contribution in [0.25, 0.3) is 0 Å². The summed E-state index contributed by atoms with van der Waals surface area (Å²) in [4.78, 5) is 11.8. The average Bonchev–Trinajstić information content (AvgIpc) is 2.43. The molecule has 21 heavy (non-hydrogen) atoms. The van der Waals surface area contributed by atoms with E-state index in [4.69, 9.17) is 4.74 Å². The summed E-state index contributed by atoms with van der Waals surface area (Å²) in [5.74, 6) is 1.56. The maximum Gasteiger partial charge on any atom is 0.224 e. The van der Waals surface area contributed by atoms with Crippen molar-refractivity contribution in [2.75, 3.05) is 24.8 Å². The van der Waals surface area contributed by atoms with Gasteiger partial charge in [-0.1, -0.05) is 26.0 Å². The Morgan fingerprint density at radius 2 is 2.14 bits per heavy atom. The summed E-state index contributed by atoms with van der Waals surface area (Å²) in [5, 5.41) is 2.89. The van der Waals surface area contributed by atoms with E-state index in [0.29, 0.717) is 30.5 Å². The van der Waals surface area contributed by atoms with Crippen LogP contribution in [0.5, 0.6) is 0 Å². The molecule has 1 aromatic carbocycles. The molecule has 5 heteroatoms. The van der Waals surface area contributed by atoms with Crippen LogP contribution >= 0.6 is 0 Å². The van der Waals surface area contributed by atoms with Crippen molar-refractivity contribution in [3.8, 4) is 0 Å². The van der Waals surface area contributed by atoms with Gasteiger partial charge in [-0.2, -0.15) is 0 Å². The molecule has 1 rings (SSSR count). The second-order valence-electron chi connectivity index (χ2n) is 5.46. The standard InChI is InChI=1S/C16H25NO3S/c1-13(2)7-8-16(18)17-15-6-4-5-14(11-15)12-21(19)10-9-20-3/h4-6,11,13H,7-10,12H2,1-3H3,(H,17,18)/t21-/m0/s1. The Morgan fingerprint density at radius 1 is 1.38 bits per heavy atom. The molecule has 1 atom stereocenters. The number of rotatable bonds is 9. The first-order valence-corrected chi connectivity index (χ1v) is 8.72. The van der Waals surface area contributed by atoms with Gasteiger partial charge in [0.25, 0.3) is 0 Å². The number of carbonyl (C=O) groups is 1. The number of carbonyl (C=O) groups excluding carboxylic acids is 1. The van der Waals surface area contributed by atoms with E-state index in [1.165, 1.54) is 0 Å². The van der Waals surface area contributed by atoms with Crippen molar-refractivity contribution in [2.45, 2.75) is 32.4 Å². The molecule has 1 N–H and O–H groups in total. The number of ether oxygens (including phenoxy) is 1. The first-order valence-electron chi connectivity index (χ1n) is 7.24. The zero-order valence-electron chi connectivity index (χ0n) is 13.1. The van der Waals surface area contributed by atoms with E-state index in [1.54, 1.807) is 7.11 Å². The Balaban J connectivity index is 2.52. The summed E-state index contributed by atoms with van der Waals surface area (Å²) in [7, 11) is 0.663. The Bertz CT molecular complexity index is 474. The van der Waals surface area contributed by atoms with Crippen LogP contribution < -0.4 is 5.32 Å². The minimum atomic E-state index is -0.939. The largest absolute Gasteiger partial charge is 0.384 e. The zero-order valence-corrected chi connectivity index (χ0v) is 13.9. The average molecular weight is 311 g/mol. The van der Waals surface area contributed by atoms with Crippen LogP contribution in [0.3, 0.4) is 0 Å². The van der Waals surface area contributed by atoms with Crippen molar-refractivity contribution < 1.29 is 13.7 Å². The van der Waals surface area contributed by atoms with E-state index in [9.17, 15) is 9.00 Å². The Hall–Kier alpha value is -1.20. The molecule has 0 aliphatic heterocycles. The summed E-state index contributed by atoms with van der Waals surface area (Å²) < 4.78 is 16.7. The zero-order chi connectivity index (χ0) is 15.7. The quantitative estimate of drug-likeness (QED) is 0.763. The van der Waals surface area contributed by atoms with Gasteiger partial charge in [0.1, 0.15) is 0 Å². The molecule has 0 aliphatic carbocycles. The van der Waals surface area contributed by atoms with Gasteiger partial charge < -0.3 is 10.1 Å². The van der Waals surface area contributed by atoms with E-state index >= 15 is 0 Å². The second kappa shape index (κ2) is 9.68. The summed E-state index contributed by atoms with van der Waals surface area (Å²) in [6, 6.07) is 7.54. The number of hydrogen-bond acceptors (Lipinski definition) is 3. The van der Waals surface area contributed by atoms with Gasteiger partial charge in [-0.15, -0.1) is 0 Å². The number of hydrogen-bond donors (Lipinski definition) is 1. The number of amides is 1.